The highest BCUT2D eigenvalue weighted by Crippen LogP contribution is 2.21. The summed E-state index contributed by atoms with van der Waals surface area (Å²) >= 11 is 6.08. The second-order valence-electron chi connectivity index (χ2n) is 5.38. The fourth-order valence-corrected chi connectivity index (χ4v) is 2.59. The third-order valence-corrected chi connectivity index (χ3v) is 3.98. The molecule has 1 aliphatic rings. The van der Waals surface area contributed by atoms with Gasteiger partial charge in [-0.1, -0.05) is 29.8 Å². The van der Waals surface area contributed by atoms with Crippen LogP contribution in [0, 0.1) is 0 Å². The van der Waals surface area contributed by atoms with E-state index in [0.29, 0.717) is 32.6 Å². The molecule has 1 aliphatic heterocycles. The molecular weight excluding hydrogens is 290 g/mol. The van der Waals surface area contributed by atoms with Crippen LogP contribution in [0.1, 0.15) is 31.7 Å². The first kappa shape index (κ1) is 16.3. The van der Waals surface area contributed by atoms with Crippen LogP contribution in [0.5, 0.6) is 0 Å². The fourth-order valence-electron chi connectivity index (χ4n) is 2.36. The summed E-state index contributed by atoms with van der Waals surface area (Å²) in [7, 11) is 0. The van der Waals surface area contributed by atoms with E-state index in [1.807, 2.05) is 31.2 Å². The number of benzene rings is 1. The molecule has 1 saturated heterocycles. The molecule has 0 atom stereocenters. The van der Waals surface area contributed by atoms with Gasteiger partial charge in [0, 0.05) is 24.4 Å². The van der Waals surface area contributed by atoms with Crippen molar-refractivity contribution < 1.29 is 14.3 Å². The van der Waals surface area contributed by atoms with E-state index >= 15 is 0 Å². The van der Waals surface area contributed by atoms with Crippen molar-refractivity contribution in [2.45, 2.75) is 38.4 Å². The molecule has 0 unspecified atom stereocenters. The normalized spacial score (nSPS) is 16.9. The maximum absolute atomic E-state index is 11.8. The van der Waals surface area contributed by atoms with Gasteiger partial charge in [0.25, 0.3) is 0 Å². The number of rotatable bonds is 7. The molecule has 1 heterocycles. The first-order chi connectivity index (χ1) is 10.1. The molecule has 5 heteroatoms. The van der Waals surface area contributed by atoms with Crippen molar-refractivity contribution in [3.8, 4) is 0 Å². The Morgan fingerprint density at radius 1 is 1.33 bits per heavy atom. The summed E-state index contributed by atoms with van der Waals surface area (Å²) in [5.74, 6) is -0.478. The molecule has 2 rings (SSSR count). The lowest BCUT2D eigenvalue weighted by Gasteiger charge is -2.22. The van der Waals surface area contributed by atoms with Gasteiger partial charge in [0.2, 0.25) is 5.91 Å². The van der Waals surface area contributed by atoms with Gasteiger partial charge >= 0.3 is 0 Å². The zero-order valence-electron chi connectivity index (χ0n) is 12.4. The number of hydrogen-bond acceptors (Lipinski definition) is 3. The van der Waals surface area contributed by atoms with Crippen LogP contribution >= 0.6 is 11.6 Å². The number of hydrogen-bond donors (Lipinski definition) is 1. The van der Waals surface area contributed by atoms with Crippen molar-refractivity contribution in [1.29, 1.82) is 0 Å². The lowest BCUT2D eigenvalue weighted by atomic mass is 10.1. The number of carbonyl (C=O) groups excluding carboxylic acids is 1. The smallest absolute Gasteiger partial charge is 0.220 e. The summed E-state index contributed by atoms with van der Waals surface area (Å²) in [6.45, 7) is 3.73. The average Bonchev–Trinajstić information content (AvgIpc) is 2.88. The summed E-state index contributed by atoms with van der Waals surface area (Å²) < 4.78 is 11.0. The van der Waals surface area contributed by atoms with Crippen molar-refractivity contribution in [3.63, 3.8) is 0 Å². The van der Waals surface area contributed by atoms with E-state index < -0.39 is 5.79 Å². The second-order valence-corrected chi connectivity index (χ2v) is 5.78. The molecule has 4 nitrogen and oxygen atoms in total. The van der Waals surface area contributed by atoms with Gasteiger partial charge in [0.1, 0.15) is 0 Å². The van der Waals surface area contributed by atoms with Crippen molar-refractivity contribution >= 4 is 17.5 Å². The molecule has 1 fully saturated rings. The average molecular weight is 312 g/mol. The number of halogens is 1. The Bertz CT molecular complexity index is 472. The number of ether oxygens (including phenoxy) is 2. The standard InChI is InChI=1S/C16H22ClNO3/c1-16(20-11-12-21-16)9-10-18-15(19)8-4-6-13-5-2-3-7-14(13)17/h2-3,5,7H,4,6,8-12H2,1H3,(H,18,19). The van der Waals surface area contributed by atoms with Gasteiger partial charge in [-0.2, -0.15) is 0 Å². The Morgan fingerprint density at radius 2 is 2.05 bits per heavy atom. The van der Waals surface area contributed by atoms with Crippen LogP contribution in [0.2, 0.25) is 5.02 Å². The molecular formula is C16H22ClNO3. The molecule has 116 valence electrons. The van der Waals surface area contributed by atoms with Gasteiger partial charge in [-0.15, -0.1) is 0 Å². The molecule has 0 aliphatic carbocycles. The molecule has 1 aromatic rings. The van der Waals surface area contributed by atoms with Crippen LogP contribution in [0.3, 0.4) is 0 Å². The van der Waals surface area contributed by atoms with Crippen LogP contribution in [-0.4, -0.2) is 31.5 Å². The highest BCUT2D eigenvalue weighted by molar-refractivity contribution is 6.31. The maximum Gasteiger partial charge on any atom is 0.220 e. The minimum atomic E-state index is -0.537. The zero-order chi connectivity index (χ0) is 15.1. The van der Waals surface area contributed by atoms with E-state index in [0.717, 1.165) is 23.4 Å². The quantitative estimate of drug-likeness (QED) is 0.842. The topological polar surface area (TPSA) is 47.6 Å². The predicted molar refractivity (Wildman–Crippen MR) is 82.3 cm³/mol. The molecule has 1 N–H and O–H groups in total. The first-order valence-electron chi connectivity index (χ1n) is 7.37. The summed E-state index contributed by atoms with van der Waals surface area (Å²) in [5, 5.41) is 3.67. The van der Waals surface area contributed by atoms with Gasteiger partial charge < -0.3 is 14.8 Å². The number of nitrogens with one attached hydrogen (secondary N) is 1. The van der Waals surface area contributed by atoms with Gasteiger partial charge in [-0.25, -0.2) is 0 Å². The van der Waals surface area contributed by atoms with E-state index in [-0.39, 0.29) is 5.91 Å². The molecule has 0 bridgehead atoms. The van der Waals surface area contributed by atoms with E-state index in [9.17, 15) is 4.79 Å². The molecule has 0 saturated carbocycles. The Balaban J connectivity index is 1.60. The van der Waals surface area contributed by atoms with Crippen LogP contribution in [0.15, 0.2) is 24.3 Å². The van der Waals surface area contributed by atoms with Crippen LogP contribution in [0.4, 0.5) is 0 Å². The van der Waals surface area contributed by atoms with Gasteiger partial charge in [-0.3, -0.25) is 4.79 Å². The second kappa shape index (κ2) is 7.78. The van der Waals surface area contributed by atoms with Crippen molar-refractivity contribution in [2.24, 2.45) is 0 Å². The first-order valence-corrected chi connectivity index (χ1v) is 7.75. The van der Waals surface area contributed by atoms with E-state index in [1.165, 1.54) is 0 Å². The number of carbonyl (C=O) groups is 1. The third kappa shape index (κ3) is 5.30. The maximum atomic E-state index is 11.8. The third-order valence-electron chi connectivity index (χ3n) is 3.61. The lowest BCUT2D eigenvalue weighted by Crippen LogP contribution is -2.33. The Hall–Kier alpha value is -1.10. The van der Waals surface area contributed by atoms with Crippen molar-refractivity contribution in [3.05, 3.63) is 34.9 Å². The predicted octanol–water partition coefficient (Wildman–Crippen LogP) is 2.93. The lowest BCUT2D eigenvalue weighted by molar-refractivity contribution is -0.146. The highest BCUT2D eigenvalue weighted by Gasteiger charge is 2.30. The Labute approximate surface area is 130 Å². The fraction of sp³-hybridized carbons (Fsp3) is 0.562. The van der Waals surface area contributed by atoms with E-state index in [1.54, 1.807) is 0 Å². The van der Waals surface area contributed by atoms with Crippen LogP contribution < -0.4 is 5.32 Å². The summed E-state index contributed by atoms with van der Waals surface area (Å²) in [4.78, 5) is 11.8. The SMILES string of the molecule is CC1(CCNC(=O)CCCc2ccccc2Cl)OCCO1. The zero-order valence-corrected chi connectivity index (χ0v) is 13.1. The van der Waals surface area contributed by atoms with Gasteiger partial charge in [0.15, 0.2) is 5.79 Å². The summed E-state index contributed by atoms with van der Waals surface area (Å²) in [5.41, 5.74) is 1.09. The largest absolute Gasteiger partial charge is 0.356 e. The van der Waals surface area contributed by atoms with Crippen LogP contribution in [-0.2, 0) is 20.7 Å². The van der Waals surface area contributed by atoms with E-state index in [4.69, 9.17) is 21.1 Å². The summed E-state index contributed by atoms with van der Waals surface area (Å²) in [6.07, 6.45) is 2.78. The van der Waals surface area contributed by atoms with Gasteiger partial charge in [-0.05, 0) is 31.4 Å². The summed E-state index contributed by atoms with van der Waals surface area (Å²) in [6, 6.07) is 7.74. The molecule has 0 radical (unpaired) electrons. The highest BCUT2D eigenvalue weighted by atomic mass is 35.5. The minimum Gasteiger partial charge on any atom is -0.356 e. The molecule has 1 aromatic carbocycles. The Kier molecular flexibility index (Phi) is 6.03. The number of aryl methyl sites for hydroxylation is 1. The molecule has 0 aromatic heterocycles. The minimum absolute atomic E-state index is 0.0589. The van der Waals surface area contributed by atoms with Gasteiger partial charge in [0.05, 0.1) is 13.2 Å². The molecule has 21 heavy (non-hydrogen) atoms. The Morgan fingerprint density at radius 3 is 2.76 bits per heavy atom. The van der Waals surface area contributed by atoms with Crippen molar-refractivity contribution in [2.75, 3.05) is 19.8 Å². The number of amides is 1. The van der Waals surface area contributed by atoms with E-state index in [2.05, 4.69) is 5.32 Å². The molecule has 0 spiro atoms. The van der Waals surface area contributed by atoms with Crippen molar-refractivity contribution in [1.82, 2.24) is 5.32 Å². The monoisotopic (exact) mass is 311 g/mol. The molecule has 1 amide bonds. The van der Waals surface area contributed by atoms with Crippen LogP contribution in [0.25, 0.3) is 0 Å².